The first-order valence-corrected chi connectivity index (χ1v) is 11.9. The summed E-state index contributed by atoms with van der Waals surface area (Å²) < 4.78 is 19.4. The second kappa shape index (κ2) is 7.94. The van der Waals surface area contributed by atoms with Crippen molar-refractivity contribution < 1.29 is 24.1 Å². The number of aromatic nitrogens is 1. The number of pyridine rings is 1. The summed E-state index contributed by atoms with van der Waals surface area (Å²) in [6, 6.07) is 11.7. The zero-order chi connectivity index (χ0) is 23.4. The molecule has 2 aromatic carbocycles. The Morgan fingerprint density at radius 2 is 1.82 bits per heavy atom. The first-order valence-electron chi connectivity index (χ1n) is 11.9. The molecule has 2 bridgehead atoms. The number of aromatic hydroxyl groups is 1. The molecule has 3 N–H and O–H groups in total. The van der Waals surface area contributed by atoms with Crippen LogP contribution in [0.4, 0.5) is 10.2 Å². The van der Waals surface area contributed by atoms with E-state index >= 15 is 0 Å². The Balaban J connectivity index is 1.53. The highest BCUT2D eigenvalue weighted by Crippen LogP contribution is 2.60. The monoisotopic (exact) mass is 462 g/mol. The van der Waals surface area contributed by atoms with Crippen LogP contribution in [0.5, 0.6) is 5.75 Å². The van der Waals surface area contributed by atoms with E-state index in [0.717, 1.165) is 40.7 Å². The molecule has 1 aromatic heterocycles. The van der Waals surface area contributed by atoms with Crippen LogP contribution < -0.4 is 5.32 Å². The van der Waals surface area contributed by atoms with Crippen molar-refractivity contribution in [3.63, 3.8) is 0 Å². The Morgan fingerprint density at radius 3 is 2.50 bits per heavy atom. The van der Waals surface area contributed by atoms with Crippen LogP contribution in [0.15, 0.2) is 42.5 Å². The fourth-order valence-corrected chi connectivity index (χ4v) is 6.28. The number of ether oxygens (including phenoxy) is 1. The molecule has 1 unspecified atom stereocenters. The molecule has 3 saturated carbocycles. The van der Waals surface area contributed by atoms with Crippen LogP contribution in [0.1, 0.15) is 43.6 Å². The number of hydrogen-bond acceptors (Lipinski definition) is 5. The van der Waals surface area contributed by atoms with E-state index in [2.05, 4.69) is 5.32 Å². The van der Waals surface area contributed by atoms with Crippen molar-refractivity contribution >= 4 is 22.7 Å². The van der Waals surface area contributed by atoms with Gasteiger partial charge in [-0.25, -0.2) is 9.37 Å². The van der Waals surface area contributed by atoms with Crippen molar-refractivity contribution in [3.05, 3.63) is 53.8 Å². The number of fused-ring (bicyclic) bond motifs is 2. The smallest absolute Gasteiger partial charge is 0.309 e. The third kappa shape index (κ3) is 3.41. The summed E-state index contributed by atoms with van der Waals surface area (Å²) in [6.45, 7) is 1.32. The van der Waals surface area contributed by atoms with Crippen molar-refractivity contribution in [3.8, 4) is 16.9 Å². The average molecular weight is 463 g/mol. The van der Waals surface area contributed by atoms with Crippen LogP contribution in [-0.4, -0.2) is 40.4 Å². The van der Waals surface area contributed by atoms with Gasteiger partial charge in [0.05, 0.1) is 10.9 Å². The van der Waals surface area contributed by atoms with Gasteiger partial charge in [-0.3, -0.25) is 4.79 Å². The number of anilines is 1. The first kappa shape index (κ1) is 21.4. The van der Waals surface area contributed by atoms with Crippen molar-refractivity contribution in [1.29, 1.82) is 0 Å². The summed E-state index contributed by atoms with van der Waals surface area (Å²) in [4.78, 5) is 16.8. The van der Waals surface area contributed by atoms with Gasteiger partial charge in [-0.15, -0.1) is 0 Å². The highest BCUT2D eigenvalue weighted by Gasteiger charge is 2.60. The predicted molar refractivity (Wildman–Crippen MR) is 126 cm³/mol. The van der Waals surface area contributed by atoms with Crippen molar-refractivity contribution in [2.45, 2.75) is 44.1 Å². The lowest BCUT2D eigenvalue weighted by atomic mass is 9.70. The lowest BCUT2D eigenvalue weighted by molar-refractivity contribution is -0.153. The first-order chi connectivity index (χ1) is 16.4. The molecule has 0 amide bonds. The van der Waals surface area contributed by atoms with Crippen LogP contribution in [0.25, 0.3) is 22.0 Å². The molecule has 4 fully saturated rings. The molecule has 176 valence electrons. The maximum atomic E-state index is 13.8. The van der Waals surface area contributed by atoms with Gasteiger partial charge in [-0.05, 0) is 79.3 Å². The number of carbonyl (C=O) groups is 1. The van der Waals surface area contributed by atoms with E-state index in [4.69, 9.17) is 9.72 Å². The second-order valence-corrected chi connectivity index (χ2v) is 10.1. The van der Waals surface area contributed by atoms with Gasteiger partial charge < -0.3 is 20.3 Å². The highest BCUT2D eigenvalue weighted by molar-refractivity contribution is 5.99. The minimum absolute atomic E-state index is 0.0398. The lowest BCUT2D eigenvalue weighted by Gasteiger charge is -2.34. The molecule has 0 radical (unpaired) electrons. The van der Waals surface area contributed by atoms with Gasteiger partial charge in [0.15, 0.2) is 0 Å². The van der Waals surface area contributed by atoms with Gasteiger partial charge in [0.1, 0.15) is 17.4 Å². The minimum atomic E-state index is -0.707. The van der Waals surface area contributed by atoms with Gasteiger partial charge in [0.2, 0.25) is 0 Å². The number of phenols is 1. The number of aliphatic carboxylic acids is 1. The molecule has 1 atom stereocenters. The van der Waals surface area contributed by atoms with Gasteiger partial charge in [-0.1, -0.05) is 12.1 Å². The number of halogens is 1. The van der Waals surface area contributed by atoms with Crippen LogP contribution in [0, 0.1) is 17.2 Å². The number of phenolic OH excluding ortho intramolecular Hbond substituents is 1. The highest BCUT2D eigenvalue weighted by atomic mass is 19.1. The van der Waals surface area contributed by atoms with E-state index in [1.54, 1.807) is 24.3 Å². The average Bonchev–Trinajstić information content (AvgIpc) is 3.35. The number of rotatable bonds is 5. The van der Waals surface area contributed by atoms with E-state index in [-0.39, 0.29) is 23.5 Å². The molecule has 6 nitrogen and oxygen atoms in total. The van der Waals surface area contributed by atoms with Crippen LogP contribution in [0.2, 0.25) is 0 Å². The summed E-state index contributed by atoms with van der Waals surface area (Å²) in [7, 11) is 0. The molecular formula is C27H27FN2O4. The molecule has 3 aromatic rings. The number of carboxylic acid groups (broad SMARTS) is 1. The number of hydrogen-bond donors (Lipinski definition) is 3. The second-order valence-electron chi connectivity index (χ2n) is 10.1. The van der Waals surface area contributed by atoms with E-state index in [1.165, 1.54) is 12.1 Å². The maximum Gasteiger partial charge on any atom is 0.309 e. The van der Waals surface area contributed by atoms with Crippen LogP contribution >= 0.6 is 0 Å². The molecule has 4 aliphatic rings. The zero-order valence-electron chi connectivity index (χ0n) is 18.8. The Labute approximate surface area is 196 Å². The van der Waals surface area contributed by atoms with Crippen LogP contribution in [-0.2, 0) is 9.53 Å². The Hall–Kier alpha value is -3.19. The van der Waals surface area contributed by atoms with Crippen LogP contribution in [0.3, 0.4) is 0 Å². The molecule has 2 heterocycles. The fraction of sp³-hybridized carbons (Fsp3) is 0.407. The van der Waals surface area contributed by atoms with Gasteiger partial charge in [0.25, 0.3) is 0 Å². The van der Waals surface area contributed by atoms with Crippen molar-refractivity contribution in [2.75, 3.05) is 18.5 Å². The van der Waals surface area contributed by atoms with E-state index in [1.807, 2.05) is 6.07 Å². The van der Waals surface area contributed by atoms with E-state index in [0.29, 0.717) is 43.9 Å². The van der Waals surface area contributed by atoms with Crippen molar-refractivity contribution in [2.24, 2.45) is 11.3 Å². The van der Waals surface area contributed by atoms with Crippen molar-refractivity contribution in [1.82, 2.24) is 4.98 Å². The predicted octanol–water partition coefficient (Wildman–Crippen LogP) is 5.31. The largest absolute Gasteiger partial charge is 0.508 e. The standard InChI is InChI=1S/C27H27FN2O4/c28-18-3-1-15(2-4-18)23-20-6-5-19(31)11-21(20)29-25(24(23)16-7-9-34-10-8-16)30-22-14-27(26(32)33)12-17(22)13-27/h1-6,11,16-17,22,31H,7-10,12-14H2,(H,29,30)(H,32,33). The third-order valence-electron chi connectivity index (χ3n) is 8.03. The molecule has 3 aliphatic carbocycles. The minimum Gasteiger partial charge on any atom is -0.508 e. The molecule has 34 heavy (non-hydrogen) atoms. The van der Waals surface area contributed by atoms with Gasteiger partial charge in [-0.2, -0.15) is 0 Å². The molecule has 7 rings (SSSR count). The SMILES string of the molecule is O=C(O)C12CC(C1)C(Nc1nc3cc(O)ccc3c(-c3ccc(F)cc3)c1C1CCOCC1)C2. The molecule has 7 heteroatoms. The number of nitrogens with zero attached hydrogens (tertiary/aromatic N) is 1. The summed E-state index contributed by atoms with van der Waals surface area (Å²) in [6.07, 6.45) is 3.69. The zero-order valence-corrected chi connectivity index (χ0v) is 18.8. The van der Waals surface area contributed by atoms with E-state index in [9.17, 15) is 19.4 Å². The molecular weight excluding hydrogens is 435 g/mol. The maximum absolute atomic E-state index is 13.8. The summed E-state index contributed by atoms with van der Waals surface area (Å²) in [5, 5.41) is 24.4. The lowest BCUT2D eigenvalue weighted by Crippen LogP contribution is -2.36. The number of benzene rings is 2. The summed E-state index contributed by atoms with van der Waals surface area (Å²) in [5.74, 6) is 0.378. The molecule has 0 spiro atoms. The number of carboxylic acids is 1. The van der Waals surface area contributed by atoms with Gasteiger partial charge in [0, 0.05) is 36.3 Å². The normalized spacial score (nSPS) is 26.4. The fourth-order valence-electron chi connectivity index (χ4n) is 6.28. The Bertz CT molecular complexity index is 1260. The topological polar surface area (TPSA) is 91.7 Å². The summed E-state index contributed by atoms with van der Waals surface area (Å²) in [5.41, 5.74) is 2.98. The Kier molecular flexibility index (Phi) is 4.99. The third-order valence-corrected chi connectivity index (χ3v) is 8.03. The Morgan fingerprint density at radius 1 is 1.09 bits per heavy atom. The quantitative estimate of drug-likeness (QED) is 0.476. The molecule has 1 aliphatic heterocycles. The summed E-state index contributed by atoms with van der Waals surface area (Å²) >= 11 is 0. The van der Waals surface area contributed by atoms with E-state index < -0.39 is 11.4 Å². The molecule has 1 saturated heterocycles. The van der Waals surface area contributed by atoms with Gasteiger partial charge >= 0.3 is 5.97 Å². The number of nitrogens with one attached hydrogen (secondary N) is 1.